The molecule has 1 radical (unpaired) electrons. The Labute approximate surface area is 48.3 Å². The Morgan fingerprint density at radius 1 is 1.83 bits per heavy atom. The summed E-state index contributed by atoms with van der Waals surface area (Å²) in [4.78, 5) is 9.44. The molecule has 0 aromatic carbocycles. The second-order valence-electron chi connectivity index (χ2n) is 0.726. The van der Waals surface area contributed by atoms with Crippen molar-refractivity contribution in [1.29, 1.82) is 0 Å². The summed E-state index contributed by atoms with van der Waals surface area (Å²) >= 11 is 0. The molecule has 0 aliphatic rings. The summed E-state index contributed by atoms with van der Waals surface area (Å²) in [5, 5.41) is 0. The van der Waals surface area contributed by atoms with Crippen LogP contribution in [-0.2, 0) is 21.6 Å². The molecule has 0 aromatic rings. The molecule has 2 nitrogen and oxygen atoms in total. The maximum absolute atomic E-state index is 9.44. The Hall–Kier alpha value is 0.709. The fourth-order valence-corrected chi connectivity index (χ4v) is 0. The molecular formula is C2H6FeO2P+2. The number of rotatable bonds is 1. The van der Waals surface area contributed by atoms with Gasteiger partial charge in [0, 0.05) is 8.03 Å². The molecule has 37 valence electrons. The smallest absolute Gasteiger partial charge is 0.802 e. The van der Waals surface area contributed by atoms with E-state index >= 15 is 0 Å². The van der Waals surface area contributed by atoms with Crippen LogP contribution in [0.2, 0.25) is 0 Å². The van der Waals surface area contributed by atoms with Crippen LogP contribution in [0.4, 0.5) is 0 Å². The van der Waals surface area contributed by atoms with Crippen molar-refractivity contribution in [3.63, 3.8) is 0 Å². The zero-order valence-corrected chi connectivity index (χ0v) is 5.48. The van der Waals surface area contributed by atoms with E-state index in [2.05, 4.69) is 0 Å². The van der Waals surface area contributed by atoms with Crippen LogP contribution in [0.1, 0.15) is 6.92 Å². The first-order valence-corrected chi connectivity index (χ1v) is 2.99. The molecule has 0 aromatic heterocycles. The average Bonchev–Trinajstić information content (AvgIpc) is 1.38. The summed E-state index contributed by atoms with van der Waals surface area (Å²) in [6.07, 6.45) is 0.296. The van der Waals surface area contributed by atoms with Gasteiger partial charge in [-0.25, -0.2) is 0 Å². The molecule has 0 aliphatic heterocycles. The Morgan fingerprint density at radius 2 is 2.00 bits per heavy atom. The summed E-state index contributed by atoms with van der Waals surface area (Å²) in [5.41, 5.74) is 0. The second kappa shape index (κ2) is 5.71. The van der Waals surface area contributed by atoms with E-state index in [1.54, 1.807) is 6.92 Å². The quantitative estimate of drug-likeness (QED) is 0.383. The fraction of sp³-hybridized carbons (Fsp3) is 1.00. The van der Waals surface area contributed by atoms with E-state index in [1.165, 1.54) is 0 Å². The largest absolute Gasteiger partial charge is 3.00 e. The minimum Gasteiger partial charge on any atom is -0.802 e. The third kappa shape index (κ3) is 8.83. The topological polar surface area (TPSA) is 40.1 Å². The third-order valence-corrected chi connectivity index (χ3v) is 0.866. The van der Waals surface area contributed by atoms with Crippen LogP contribution in [0.15, 0.2) is 0 Å². The zero-order chi connectivity index (χ0) is 4.28. The minimum atomic E-state index is -2.37. The molecule has 0 heterocycles. The van der Waals surface area contributed by atoms with Gasteiger partial charge in [0.15, 0.2) is 0 Å². The van der Waals surface area contributed by atoms with Gasteiger partial charge in [0.1, 0.15) is 0 Å². The Balaban J connectivity index is 0. The van der Waals surface area contributed by atoms with Crippen LogP contribution >= 0.6 is 8.03 Å². The number of hydrogen-bond acceptors (Lipinski definition) is 2. The van der Waals surface area contributed by atoms with Gasteiger partial charge < -0.3 is 9.46 Å². The second-order valence-corrected chi connectivity index (χ2v) is 2.18. The van der Waals surface area contributed by atoms with Crippen molar-refractivity contribution < 1.29 is 26.5 Å². The molecule has 0 saturated heterocycles. The van der Waals surface area contributed by atoms with Crippen molar-refractivity contribution in [2.24, 2.45) is 0 Å². The van der Waals surface area contributed by atoms with Crippen LogP contribution in [0.5, 0.6) is 0 Å². The Kier molecular flexibility index (Phi) is 9.38. The first kappa shape index (κ1) is 9.86. The molecule has 1 unspecified atom stereocenters. The van der Waals surface area contributed by atoms with Gasteiger partial charge in [0.2, 0.25) is 0 Å². The standard InChI is InChI=1S/C2H7O2P.Fe/c1-2-5(3)4;/h5H,2H2,1H3,(H,3,4);/q;+3/p-1. The summed E-state index contributed by atoms with van der Waals surface area (Å²) in [7, 11) is -2.37. The Morgan fingerprint density at radius 3 is 2.00 bits per heavy atom. The van der Waals surface area contributed by atoms with Crippen molar-refractivity contribution in [3.8, 4) is 0 Å². The maximum Gasteiger partial charge on any atom is 3.00 e. The van der Waals surface area contributed by atoms with Gasteiger partial charge in [0.25, 0.3) is 0 Å². The van der Waals surface area contributed by atoms with E-state index < -0.39 is 8.03 Å². The molecule has 0 N–H and O–H groups in total. The predicted molar refractivity (Wildman–Crippen MR) is 19.5 cm³/mol. The van der Waals surface area contributed by atoms with Crippen molar-refractivity contribution >= 4 is 8.03 Å². The normalized spacial score (nSPS) is 12.3. The third-order valence-electron chi connectivity index (χ3n) is 0.289. The van der Waals surface area contributed by atoms with Gasteiger partial charge in [-0.05, 0) is 6.16 Å². The van der Waals surface area contributed by atoms with Gasteiger partial charge in [-0.2, -0.15) is 0 Å². The van der Waals surface area contributed by atoms with Crippen LogP contribution in [-0.4, -0.2) is 6.16 Å². The van der Waals surface area contributed by atoms with Gasteiger partial charge >= 0.3 is 17.1 Å². The van der Waals surface area contributed by atoms with E-state index in [-0.39, 0.29) is 17.1 Å². The molecule has 0 amide bonds. The van der Waals surface area contributed by atoms with Crippen molar-refractivity contribution in [3.05, 3.63) is 0 Å². The molecule has 0 spiro atoms. The molecule has 0 fully saturated rings. The molecule has 4 heteroatoms. The van der Waals surface area contributed by atoms with E-state index in [0.29, 0.717) is 6.16 Å². The summed E-state index contributed by atoms with van der Waals surface area (Å²) in [6, 6.07) is 0. The monoisotopic (exact) mass is 149 g/mol. The summed E-state index contributed by atoms with van der Waals surface area (Å²) < 4.78 is 9.44. The molecule has 1 atom stereocenters. The van der Waals surface area contributed by atoms with Crippen molar-refractivity contribution in [2.75, 3.05) is 6.16 Å². The number of hydrogen-bond donors (Lipinski definition) is 0. The van der Waals surface area contributed by atoms with Crippen molar-refractivity contribution in [2.45, 2.75) is 6.92 Å². The van der Waals surface area contributed by atoms with Crippen LogP contribution in [0.3, 0.4) is 0 Å². The van der Waals surface area contributed by atoms with E-state index in [0.717, 1.165) is 0 Å². The molecule has 6 heavy (non-hydrogen) atoms. The summed E-state index contributed by atoms with van der Waals surface area (Å²) in [5.74, 6) is 0. The molecule has 0 bridgehead atoms. The summed E-state index contributed by atoms with van der Waals surface area (Å²) in [6.45, 7) is 1.62. The fourth-order valence-electron chi connectivity index (χ4n) is 0. The first-order valence-electron chi connectivity index (χ1n) is 1.47. The van der Waals surface area contributed by atoms with Gasteiger partial charge in [-0.15, -0.1) is 0 Å². The SMILES string of the molecule is CC[PH](=O)[O-].[Fe+3]. The van der Waals surface area contributed by atoms with E-state index in [1.807, 2.05) is 0 Å². The van der Waals surface area contributed by atoms with Gasteiger partial charge in [-0.1, -0.05) is 6.92 Å². The maximum atomic E-state index is 9.44. The average molecular weight is 149 g/mol. The zero-order valence-electron chi connectivity index (χ0n) is 3.38. The Bertz CT molecular complexity index is 46.8. The minimum absolute atomic E-state index is 0. The molecule has 0 aliphatic carbocycles. The van der Waals surface area contributed by atoms with Crippen LogP contribution < -0.4 is 4.89 Å². The molecular weight excluding hydrogens is 143 g/mol. The predicted octanol–water partition coefficient (Wildman–Crippen LogP) is -0.161. The van der Waals surface area contributed by atoms with E-state index in [9.17, 15) is 9.46 Å². The first-order chi connectivity index (χ1) is 2.27. The van der Waals surface area contributed by atoms with Crippen molar-refractivity contribution in [1.82, 2.24) is 0 Å². The van der Waals surface area contributed by atoms with Gasteiger partial charge in [-0.3, -0.25) is 0 Å². The molecule has 0 saturated carbocycles. The van der Waals surface area contributed by atoms with Gasteiger partial charge in [0.05, 0.1) is 0 Å². The molecule has 0 rings (SSSR count). The van der Waals surface area contributed by atoms with Crippen LogP contribution in [0, 0.1) is 0 Å². The van der Waals surface area contributed by atoms with Crippen LogP contribution in [0.25, 0.3) is 0 Å². The van der Waals surface area contributed by atoms with E-state index in [4.69, 9.17) is 0 Å².